The van der Waals surface area contributed by atoms with E-state index < -0.39 is 35.3 Å². The fourth-order valence-electron chi connectivity index (χ4n) is 4.58. The first-order chi connectivity index (χ1) is 20.4. The van der Waals surface area contributed by atoms with Gasteiger partial charge in [0.1, 0.15) is 28.9 Å². The monoisotopic (exact) mass is 599 g/mol. The smallest absolute Gasteiger partial charge is 0.357 e. The molecule has 0 unspecified atom stereocenters. The minimum Gasteiger partial charge on any atom is -0.448 e. The quantitative estimate of drug-likeness (QED) is 0.126. The minimum atomic E-state index is -0.925. The van der Waals surface area contributed by atoms with Gasteiger partial charge in [0.2, 0.25) is 0 Å². The number of ether oxygens (including phenoxy) is 1. The molecule has 2 aliphatic heterocycles. The highest BCUT2D eigenvalue weighted by molar-refractivity contribution is 8.00. The van der Waals surface area contributed by atoms with Crippen molar-refractivity contribution < 1.29 is 24.0 Å². The normalized spacial score (nSPS) is 20.0. The highest BCUT2D eigenvalue weighted by Gasteiger charge is 2.55. The molecule has 212 valence electrons. The summed E-state index contributed by atoms with van der Waals surface area (Å²) in [6.07, 6.45) is 6.70. The number of anilines is 1. The number of amides is 2. The number of nitrogens with one attached hydrogen (secondary N) is 1. The van der Waals surface area contributed by atoms with E-state index in [1.54, 1.807) is 5.38 Å². The van der Waals surface area contributed by atoms with Crippen LogP contribution in [0.2, 0.25) is 0 Å². The van der Waals surface area contributed by atoms with Gasteiger partial charge in [-0.05, 0) is 24.0 Å². The van der Waals surface area contributed by atoms with Gasteiger partial charge in [0.15, 0.2) is 16.9 Å². The Hall–Kier alpha value is -4.60. The molecule has 2 fully saturated rings. The molecule has 1 aromatic heterocycles. The molecule has 0 bridgehead atoms. The Kier molecular flexibility index (Phi) is 7.69. The Morgan fingerprint density at radius 3 is 2.36 bits per heavy atom. The van der Waals surface area contributed by atoms with E-state index in [1.165, 1.54) is 16.7 Å². The molecule has 6 rings (SSSR count). The zero-order chi connectivity index (χ0) is 29.2. The molecule has 2 atom stereocenters. The number of nitrogen functional groups attached to an aromatic ring is 1. The molecule has 2 aromatic carbocycles. The van der Waals surface area contributed by atoms with E-state index in [2.05, 4.69) is 21.4 Å². The standard InChI is InChI=1S/C30H25N5O5S2/c1-2-17-15-41-28-23(33-26(36)22(34-40-20-13-14-20)21-16-42-30(31)32-21)27(37)35(28)24(17)29(38)39-25(18-9-5-3-6-10-18)19-11-7-4-8-12-19/h1,3-12,16,20,23,25,28H,13-15H2,(H2,31,32)(H,33,36)/b34-22+/t23-,28-/m1/s1. The summed E-state index contributed by atoms with van der Waals surface area (Å²) in [6.45, 7) is 0. The zero-order valence-electron chi connectivity index (χ0n) is 22.1. The minimum absolute atomic E-state index is 0.00634. The molecule has 0 spiro atoms. The number of fused-ring (bicyclic) bond motifs is 1. The Morgan fingerprint density at radius 1 is 1.12 bits per heavy atom. The number of aromatic nitrogens is 1. The van der Waals surface area contributed by atoms with E-state index in [9.17, 15) is 14.4 Å². The number of oxime groups is 1. The van der Waals surface area contributed by atoms with Crippen molar-refractivity contribution in [1.82, 2.24) is 15.2 Å². The predicted octanol–water partition coefficient (Wildman–Crippen LogP) is 3.23. The summed E-state index contributed by atoms with van der Waals surface area (Å²) in [5, 5.41) is 8.05. The Bertz CT molecular complexity index is 1590. The molecule has 1 aliphatic carbocycles. The molecule has 3 aliphatic rings. The van der Waals surface area contributed by atoms with Crippen molar-refractivity contribution in [3.05, 3.63) is 94.1 Å². The summed E-state index contributed by atoms with van der Waals surface area (Å²) in [6, 6.07) is 17.7. The number of rotatable bonds is 9. The Labute approximate surface area is 250 Å². The van der Waals surface area contributed by atoms with E-state index in [4.69, 9.17) is 21.7 Å². The molecule has 0 radical (unpaired) electrons. The topological polar surface area (TPSA) is 136 Å². The number of hydrogen-bond acceptors (Lipinski definition) is 10. The number of carbonyl (C=O) groups excluding carboxylic acids is 3. The predicted molar refractivity (Wildman–Crippen MR) is 159 cm³/mol. The number of nitrogens with zero attached hydrogens (tertiary/aromatic N) is 3. The first-order valence-corrected chi connectivity index (χ1v) is 15.1. The van der Waals surface area contributed by atoms with Crippen LogP contribution in [0.25, 0.3) is 0 Å². The second-order valence-corrected chi connectivity index (χ2v) is 11.7. The average molecular weight is 600 g/mol. The van der Waals surface area contributed by atoms with Gasteiger partial charge in [0, 0.05) is 16.7 Å². The number of nitrogens with two attached hydrogens (primary N) is 1. The molecule has 10 nitrogen and oxygen atoms in total. The highest BCUT2D eigenvalue weighted by atomic mass is 32.2. The number of thioether (sulfide) groups is 1. The van der Waals surface area contributed by atoms with Crippen LogP contribution in [0.3, 0.4) is 0 Å². The number of terminal acetylenes is 1. The highest BCUT2D eigenvalue weighted by Crippen LogP contribution is 2.41. The first kappa shape index (κ1) is 27.6. The number of thiazole rings is 1. The van der Waals surface area contributed by atoms with Gasteiger partial charge in [-0.25, -0.2) is 9.78 Å². The van der Waals surface area contributed by atoms with Gasteiger partial charge in [0.05, 0.1) is 0 Å². The van der Waals surface area contributed by atoms with E-state index in [0.717, 1.165) is 35.3 Å². The third-order valence-corrected chi connectivity index (χ3v) is 8.80. The largest absolute Gasteiger partial charge is 0.448 e. The Morgan fingerprint density at radius 2 is 1.79 bits per heavy atom. The van der Waals surface area contributed by atoms with Gasteiger partial charge in [-0.1, -0.05) is 71.7 Å². The van der Waals surface area contributed by atoms with Crippen LogP contribution in [0, 0.1) is 12.3 Å². The van der Waals surface area contributed by atoms with Crippen LogP contribution in [0.4, 0.5) is 5.13 Å². The Balaban J connectivity index is 1.22. The molecule has 3 N–H and O–H groups in total. The zero-order valence-corrected chi connectivity index (χ0v) is 23.8. The fourth-order valence-corrected chi connectivity index (χ4v) is 6.42. The maximum absolute atomic E-state index is 13.7. The molecule has 12 heteroatoms. The van der Waals surface area contributed by atoms with Crippen molar-refractivity contribution in [3.8, 4) is 12.3 Å². The third-order valence-electron chi connectivity index (χ3n) is 6.85. The summed E-state index contributed by atoms with van der Waals surface area (Å²) in [7, 11) is 0. The van der Waals surface area contributed by atoms with Gasteiger partial charge in [-0.2, -0.15) is 0 Å². The van der Waals surface area contributed by atoms with Crippen molar-refractivity contribution in [2.75, 3.05) is 11.5 Å². The van der Waals surface area contributed by atoms with Crippen LogP contribution >= 0.6 is 23.1 Å². The van der Waals surface area contributed by atoms with Crippen LogP contribution in [0.1, 0.15) is 35.8 Å². The molecular formula is C30H25N5O5S2. The van der Waals surface area contributed by atoms with Gasteiger partial charge >= 0.3 is 5.97 Å². The molecule has 1 saturated carbocycles. The van der Waals surface area contributed by atoms with E-state index in [0.29, 0.717) is 5.57 Å². The number of hydrogen-bond donors (Lipinski definition) is 2. The van der Waals surface area contributed by atoms with Crippen molar-refractivity contribution in [3.63, 3.8) is 0 Å². The summed E-state index contributed by atoms with van der Waals surface area (Å²) in [4.78, 5) is 51.3. The lowest BCUT2D eigenvalue weighted by atomic mass is 10.0. The fraction of sp³-hybridized carbons (Fsp3) is 0.233. The SMILES string of the molecule is C#CC1=C(C(=O)OC(c2ccccc2)c2ccccc2)N2C(=O)[C@@H](NC(=O)/C(=N/OC3CC3)c3csc(N)n3)[C@H]2SC1. The summed E-state index contributed by atoms with van der Waals surface area (Å²) >= 11 is 2.51. The average Bonchev–Trinajstić information content (AvgIpc) is 3.76. The number of benzene rings is 2. The summed E-state index contributed by atoms with van der Waals surface area (Å²) in [5.74, 6) is 0.990. The van der Waals surface area contributed by atoms with Gasteiger partial charge in [-0.3, -0.25) is 14.5 Å². The van der Waals surface area contributed by atoms with E-state index in [1.807, 2.05) is 60.7 Å². The lowest BCUT2D eigenvalue weighted by Gasteiger charge is -2.49. The van der Waals surface area contributed by atoms with Gasteiger partial charge in [-0.15, -0.1) is 29.5 Å². The van der Waals surface area contributed by atoms with Crippen LogP contribution in [-0.2, 0) is 24.0 Å². The summed E-state index contributed by atoms with van der Waals surface area (Å²) in [5.41, 5.74) is 7.83. The van der Waals surface area contributed by atoms with Gasteiger partial charge in [0.25, 0.3) is 11.8 Å². The van der Waals surface area contributed by atoms with Crippen LogP contribution in [-0.4, -0.2) is 56.7 Å². The summed E-state index contributed by atoms with van der Waals surface area (Å²) < 4.78 is 6.03. The van der Waals surface area contributed by atoms with E-state index >= 15 is 0 Å². The first-order valence-electron chi connectivity index (χ1n) is 13.2. The van der Waals surface area contributed by atoms with Crippen LogP contribution in [0.5, 0.6) is 0 Å². The van der Waals surface area contributed by atoms with Crippen molar-refractivity contribution in [2.24, 2.45) is 5.16 Å². The van der Waals surface area contributed by atoms with Gasteiger partial charge < -0.3 is 20.6 Å². The molecule has 2 amide bonds. The molecule has 42 heavy (non-hydrogen) atoms. The van der Waals surface area contributed by atoms with Crippen molar-refractivity contribution in [1.29, 1.82) is 0 Å². The molecule has 3 heterocycles. The van der Waals surface area contributed by atoms with Crippen molar-refractivity contribution >= 4 is 51.7 Å². The number of β-lactam (4-membered cyclic amide) rings is 1. The lowest BCUT2D eigenvalue weighted by molar-refractivity contribution is -0.154. The lowest BCUT2D eigenvalue weighted by Crippen LogP contribution is -2.71. The maximum atomic E-state index is 13.7. The van der Waals surface area contributed by atoms with Crippen LogP contribution in [0.15, 0.2) is 82.5 Å². The second kappa shape index (κ2) is 11.7. The van der Waals surface area contributed by atoms with E-state index in [-0.39, 0.29) is 34.1 Å². The molecule has 3 aromatic rings. The second-order valence-electron chi connectivity index (χ2n) is 9.75. The number of carbonyl (C=O) groups is 3. The van der Waals surface area contributed by atoms with Crippen molar-refractivity contribution in [2.45, 2.75) is 36.5 Å². The third kappa shape index (κ3) is 5.48. The molecule has 1 saturated heterocycles. The number of esters is 1. The molecular weight excluding hydrogens is 574 g/mol. The van der Waals surface area contributed by atoms with Crippen LogP contribution < -0.4 is 11.1 Å². The maximum Gasteiger partial charge on any atom is 0.357 e.